The van der Waals surface area contributed by atoms with Crippen LogP contribution in [0.15, 0.2) is 24.3 Å². The van der Waals surface area contributed by atoms with Gasteiger partial charge in [-0.15, -0.1) is 11.8 Å². The van der Waals surface area contributed by atoms with Crippen LogP contribution in [0.4, 0.5) is 0 Å². The smallest absolute Gasteiger partial charge is 0.241 e. The van der Waals surface area contributed by atoms with Gasteiger partial charge in [0.1, 0.15) is 11.8 Å². The average Bonchev–Trinajstić information content (AvgIpc) is 3.48. The van der Waals surface area contributed by atoms with Gasteiger partial charge in [0.05, 0.1) is 11.3 Å². The zero-order valence-electron chi connectivity index (χ0n) is 19.3. The number of hydrogen-bond donors (Lipinski definition) is 1. The molecule has 4 atom stereocenters. The fraction of sp³-hybridized carbons (Fsp3) is 0.680. The summed E-state index contributed by atoms with van der Waals surface area (Å²) in [5.41, 5.74) is 2.79. The third-order valence-corrected chi connectivity index (χ3v) is 8.18. The Hall–Kier alpha value is -1.41. The van der Waals surface area contributed by atoms with Gasteiger partial charge in [-0.1, -0.05) is 24.3 Å². The van der Waals surface area contributed by atoms with Gasteiger partial charge >= 0.3 is 0 Å². The molecule has 2 heterocycles. The molecular formula is C25H36N2O4S. The molecule has 176 valence electrons. The summed E-state index contributed by atoms with van der Waals surface area (Å²) in [4.78, 5) is 28.7. The molecule has 0 radical (unpaired) electrons. The molecule has 0 bridgehead atoms. The number of hydrogen-bond acceptors (Lipinski definition) is 6. The fourth-order valence-electron chi connectivity index (χ4n) is 5.40. The molecule has 1 aromatic carbocycles. The van der Waals surface area contributed by atoms with E-state index in [0.29, 0.717) is 38.0 Å². The number of likely N-dealkylation sites (tertiary alicyclic amines) is 1. The molecule has 0 saturated carbocycles. The number of aryl methyl sites for hydroxylation is 1. The predicted octanol–water partition coefficient (Wildman–Crippen LogP) is 3.17. The molecule has 7 heteroatoms. The Kier molecular flexibility index (Phi) is 8.27. The largest absolute Gasteiger partial charge is 0.351 e. The lowest BCUT2D eigenvalue weighted by Crippen LogP contribution is -2.54. The van der Waals surface area contributed by atoms with E-state index in [1.165, 1.54) is 11.1 Å². The van der Waals surface area contributed by atoms with E-state index in [1.54, 1.807) is 11.8 Å². The average molecular weight is 461 g/mol. The van der Waals surface area contributed by atoms with E-state index in [9.17, 15) is 9.59 Å². The zero-order chi connectivity index (χ0) is 22.5. The Morgan fingerprint density at radius 1 is 1.16 bits per heavy atom. The summed E-state index contributed by atoms with van der Waals surface area (Å²) in [7, 11) is 0. The van der Waals surface area contributed by atoms with Crippen LogP contribution in [0.5, 0.6) is 0 Å². The van der Waals surface area contributed by atoms with Crippen LogP contribution in [0.3, 0.4) is 0 Å². The van der Waals surface area contributed by atoms with Crippen molar-refractivity contribution < 1.29 is 19.1 Å². The van der Waals surface area contributed by atoms with Crippen molar-refractivity contribution in [2.75, 3.05) is 25.6 Å². The van der Waals surface area contributed by atoms with E-state index in [-0.39, 0.29) is 23.0 Å². The van der Waals surface area contributed by atoms with Crippen molar-refractivity contribution in [3.63, 3.8) is 0 Å². The Morgan fingerprint density at radius 2 is 1.91 bits per heavy atom. The minimum absolute atomic E-state index is 0.0224. The molecule has 6 nitrogen and oxygen atoms in total. The van der Waals surface area contributed by atoms with E-state index >= 15 is 0 Å². The highest BCUT2D eigenvalue weighted by Crippen LogP contribution is 2.33. The first-order valence-corrected chi connectivity index (χ1v) is 13.1. The fourth-order valence-corrected chi connectivity index (χ4v) is 6.54. The minimum atomic E-state index is -0.451. The first kappa shape index (κ1) is 23.7. The number of carbonyl (C=O) groups is 2. The van der Waals surface area contributed by atoms with Gasteiger partial charge in [-0.3, -0.25) is 14.9 Å². The van der Waals surface area contributed by atoms with Crippen LogP contribution in [0, 0.1) is 5.92 Å². The van der Waals surface area contributed by atoms with Crippen LogP contribution in [0.2, 0.25) is 0 Å². The Labute approximate surface area is 195 Å². The highest BCUT2D eigenvalue weighted by Gasteiger charge is 2.45. The number of nitrogens with one attached hydrogen (secondary N) is 1. The lowest BCUT2D eigenvalue weighted by Gasteiger charge is -2.33. The standard InChI is InChI=1S/C25H36N2O4S/c1-3-30-25(31-4-2)20-10-7-13-27(20)24(29)22-23(32-16-26-22)21(28)15-17-11-12-18-8-5-6-9-19(18)14-17/h5-6,8-9,17,20,22-23,25-26H,3-4,7,10-16H2,1-2H3/t17-,20-,22-,23?/m0/s1. The molecule has 1 N–H and O–H groups in total. The molecule has 1 unspecified atom stereocenters. The monoisotopic (exact) mass is 460 g/mol. The van der Waals surface area contributed by atoms with Crippen LogP contribution in [0.1, 0.15) is 50.7 Å². The van der Waals surface area contributed by atoms with Crippen LogP contribution in [-0.2, 0) is 31.9 Å². The first-order chi connectivity index (χ1) is 15.6. The van der Waals surface area contributed by atoms with Gasteiger partial charge in [-0.05, 0) is 63.0 Å². The molecule has 1 aromatic rings. The maximum Gasteiger partial charge on any atom is 0.241 e. The Bertz CT molecular complexity index is 798. The number of thioether (sulfide) groups is 1. The molecule has 1 aliphatic carbocycles. The van der Waals surface area contributed by atoms with Crippen molar-refractivity contribution in [1.82, 2.24) is 10.2 Å². The van der Waals surface area contributed by atoms with Gasteiger partial charge in [-0.25, -0.2) is 0 Å². The summed E-state index contributed by atoms with van der Waals surface area (Å²) in [6.45, 7) is 5.68. The number of rotatable bonds is 9. The second-order valence-electron chi connectivity index (χ2n) is 8.98. The number of nitrogens with zero attached hydrogens (tertiary/aromatic N) is 1. The molecule has 2 saturated heterocycles. The summed E-state index contributed by atoms with van der Waals surface area (Å²) in [6.07, 6.45) is 5.01. The van der Waals surface area contributed by atoms with Gasteiger partial charge in [0.25, 0.3) is 0 Å². The highest BCUT2D eigenvalue weighted by atomic mass is 32.2. The number of ketones is 1. The van der Waals surface area contributed by atoms with Crippen molar-refractivity contribution in [3.05, 3.63) is 35.4 Å². The third-order valence-electron chi connectivity index (χ3n) is 6.95. The summed E-state index contributed by atoms with van der Waals surface area (Å²) >= 11 is 1.58. The molecule has 3 aliphatic rings. The number of ether oxygens (including phenoxy) is 2. The number of amides is 1. The normalized spacial score (nSPS) is 27.7. The van der Waals surface area contributed by atoms with E-state index < -0.39 is 12.3 Å². The lowest BCUT2D eigenvalue weighted by atomic mass is 9.81. The van der Waals surface area contributed by atoms with E-state index in [4.69, 9.17) is 9.47 Å². The van der Waals surface area contributed by atoms with Crippen molar-refractivity contribution in [3.8, 4) is 0 Å². The van der Waals surface area contributed by atoms with E-state index in [0.717, 1.165) is 32.1 Å². The van der Waals surface area contributed by atoms with E-state index in [1.807, 2.05) is 18.7 Å². The number of benzene rings is 1. The van der Waals surface area contributed by atoms with E-state index in [2.05, 4.69) is 29.6 Å². The summed E-state index contributed by atoms with van der Waals surface area (Å²) in [6, 6.07) is 8.02. The van der Waals surface area contributed by atoms with Gasteiger partial charge in [-0.2, -0.15) is 0 Å². The maximum absolute atomic E-state index is 13.5. The Morgan fingerprint density at radius 3 is 2.66 bits per heavy atom. The van der Waals surface area contributed by atoms with Crippen molar-refractivity contribution in [1.29, 1.82) is 0 Å². The van der Waals surface area contributed by atoms with Crippen LogP contribution >= 0.6 is 11.8 Å². The summed E-state index contributed by atoms with van der Waals surface area (Å²) in [5.74, 6) is 1.24. The summed E-state index contributed by atoms with van der Waals surface area (Å²) < 4.78 is 11.6. The SMILES string of the molecule is CCOC(OCC)[C@@H]1CCCN1C(=O)[C@H]1NCSC1C(=O)C[C@H]1CCc2ccccc2C1. The topological polar surface area (TPSA) is 67.9 Å². The highest BCUT2D eigenvalue weighted by molar-refractivity contribution is 8.00. The number of Topliss-reactive ketones (excluding diaryl/α,β-unsaturated/α-hetero) is 1. The predicted molar refractivity (Wildman–Crippen MR) is 127 cm³/mol. The molecule has 2 fully saturated rings. The molecule has 0 aromatic heterocycles. The zero-order valence-corrected chi connectivity index (χ0v) is 20.1. The number of fused-ring (bicyclic) bond motifs is 1. The van der Waals surface area contributed by atoms with Gasteiger partial charge < -0.3 is 14.4 Å². The van der Waals surface area contributed by atoms with Crippen molar-refractivity contribution >= 4 is 23.5 Å². The first-order valence-electron chi connectivity index (χ1n) is 12.1. The molecule has 2 aliphatic heterocycles. The third kappa shape index (κ3) is 5.22. The molecular weight excluding hydrogens is 424 g/mol. The molecule has 4 rings (SSSR count). The second kappa shape index (κ2) is 11.1. The second-order valence-corrected chi connectivity index (χ2v) is 10.1. The van der Waals surface area contributed by atoms with Gasteiger partial charge in [0, 0.05) is 32.1 Å². The van der Waals surface area contributed by atoms with Crippen LogP contribution in [-0.4, -0.2) is 65.8 Å². The number of carbonyl (C=O) groups excluding carboxylic acids is 2. The van der Waals surface area contributed by atoms with Crippen molar-refractivity contribution in [2.45, 2.75) is 76.0 Å². The molecule has 0 spiro atoms. The minimum Gasteiger partial charge on any atom is -0.351 e. The van der Waals surface area contributed by atoms with Crippen LogP contribution < -0.4 is 5.32 Å². The van der Waals surface area contributed by atoms with Crippen LogP contribution in [0.25, 0.3) is 0 Å². The lowest BCUT2D eigenvalue weighted by molar-refractivity contribution is -0.175. The van der Waals surface area contributed by atoms with Gasteiger partial charge in [0.15, 0.2) is 6.29 Å². The summed E-state index contributed by atoms with van der Waals surface area (Å²) in [5, 5.41) is 3.00. The maximum atomic E-state index is 13.5. The molecule has 32 heavy (non-hydrogen) atoms. The van der Waals surface area contributed by atoms with Gasteiger partial charge in [0.2, 0.25) is 5.91 Å². The van der Waals surface area contributed by atoms with Crippen molar-refractivity contribution in [2.24, 2.45) is 5.92 Å². The Balaban J connectivity index is 1.39. The molecule has 1 amide bonds. The quantitative estimate of drug-likeness (QED) is 0.571.